The zero-order valence-electron chi connectivity index (χ0n) is 14.7. The Labute approximate surface area is 151 Å². The summed E-state index contributed by atoms with van der Waals surface area (Å²) in [4.78, 5) is 4.34. The molecule has 0 spiro atoms. The smallest absolute Gasteiger partial charge is 0.241 e. The van der Waals surface area contributed by atoms with Gasteiger partial charge < -0.3 is 20.5 Å². The Morgan fingerprint density at radius 3 is 2.54 bits per heavy atom. The van der Waals surface area contributed by atoms with E-state index in [2.05, 4.69) is 33.6 Å². The van der Waals surface area contributed by atoms with E-state index in [4.69, 9.17) is 15.2 Å². The predicted molar refractivity (Wildman–Crippen MR) is 99.5 cm³/mol. The molecule has 0 unspecified atom stereocenters. The van der Waals surface area contributed by atoms with Gasteiger partial charge in [-0.3, -0.25) is 0 Å². The van der Waals surface area contributed by atoms with Crippen LogP contribution in [0.15, 0.2) is 48.5 Å². The molecule has 1 aromatic heterocycles. The third-order valence-corrected chi connectivity index (χ3v) is 4.70. The average Bonchev–Trinajstić information content (AvgIpc) is 3.07. The van der Waals surface area contributed by atoms with Crippen LogP contribution in [-0.4, -0.2) is 29.0 Å². The van der Waals surface area contributed by atoms with Crippen LogP contribution in [-0.2, 0) is 0 Å². The number of nitrogens with one attached hydrogen (secondary N) is 1. The number of nitrogens with zero attached hydrogens (tertiary/aromatic N) is 3. The van der Waals surface area contributed by atoms with Gasteiger partial charge in [-0.25, -0.2) is 4.68 Å². The largest absolute Gasteiger partial charge is 0.497 e. The van der Waals surface area contributed by atoms with E-state index in [1.54, 1.807) is 14.2 Å². The van der Waals surface area contributed by atoms with E-state index in [0.717, 1.165) is 29.0 Å². The molecule has 7 heteroatoms. The maximum atomic E-state index is 5.85. The van der Waals surface area contributed by atoms with Crippen molar-refractivity contribution in [1.29, 1.82) is 0 Å². The predicted octanol–water partition coefficient (Wildman–Crippen LogP) is 3.02. The topological polar surface area (TPSA) is 87.2 Å². The highest BCUT2D eigenvalue weighted by molar-refractivity contribution is 5.43. The summed E-state index contributed by atoms with van der Waals surface area (Å²) in [5.74, 6) is 2.59. The summed E-state index contributed by atoms with van der Waals surface area (Å²) in [6.45, 7) is 0. The highest BCUT2D eigenvalue weighted by Gasteiger charge is 2.31. The van der Waals surface area contributed by atoms with Crippen LogP contribution >= 0.6 is 0 Å². The zero-order chi connectivity index (χ0) is 18.1. The van der Waals surface area contributed by atoms with Gasteiger partial charge in [-0.15, -0.1) is 5.10 Å². The van der Waals surface area contributed by atoms with Crippen molar-refractivity contribution in [1.82, 2.24) is 14.8 Å². The Hall–Kier alpha value is -3.22. The molecule has 0 fully saturated rings. The van der Waals surface area contributed by atoms with Gasteiger partial charge in [-0.1, -0.05) is 24.3 Å². The quantitative estimate of drug-likeness (QED) is 0.751. The van der Waals surface area contributed by atoms with E-state index in [1.165, 1.54) is 0 Å². The second-order valence-corrected chi connectivity index (χ2v) is 6.24. The second-order valence-electron chi connectivity index (χ2n) is 6.24. The molecule has 7 nitrogen and oxygen atoms in total. The standard InChI is InChI=1S/C19H21N5O2/c1-25-14-8-6-12(7-9-14)17-11-16(13-4-3-5-15(10-13)26-2)21-19-22-18(20)23-24(17)19/h3-10,16-17H,11H2,1-2H3,(H3,20,21,22,23)/t16-,17-/m0/s1. The van der Waals surface area contributed by atoms with Crippen LogP contribution in [0.25, 0.3) is 0 Å². The van der Waals surface area contributed by atoms with Gasteiger partial charge in [0, 0.05) is 0 Å². The van der Waals surface area contributed by atoms with Crippen molar-refractivity contribution in [2.75, 3.05) is 25.3 Å². The third kappa shape index (κ3) is 2.92. The lowest BCUT2D eigenvalue weighted by Crippen LogP contribution is -2.28. The minimum absolute atomic E-state index is 0.0261. The molecule has 4 rings (SSSR count). The van der Waals surface area contributed by atoms with Crippen LogP contribution in [0.5, 0.6) is 11.5 Å². The van der Waals surface area contributed by atoms with Crippen molar-refractivity contribution in [3.05, 3.63) is 59.7 Å². The average molecular weight is 351 g/mol. The van der Waals surface area contributed by atoms with Gasteiger partial charge in [-0.2, -0.15) is 4.98 Å². The summed E-state index contributed by atoms with van der Waals surface area (Å²) >= 11 is 0. The molecule has 0 aliphatic carbocycles. The number of rotatable bonds is 4. The van der Waals surface area contributed by atoms with Crippen molar-refractivity contribution in [3.8, 4) is 11.5 Å². The lowest BCUT2D eigenvalue weighted by molar-refractivity contribution is 0.408. The minimum Gasteiger partial charge on any atom is -0.497 e. The summed E-state index contributed by atoms with van der Waals surface area (Å²) in [6.07, 6.45) is 0.815. The number of ether oxygens (including phenoxy) is 2. The highest BCUT2D eigenvalue weighted by Crippen LogP contribution is 2.38. The van der Waals surface area contributed by atoms with Crippen LogP contribution in [0.3, 0.4) is 0 Å². The van der Waals surface area contributed by atoms with E-state index in [-0.39, 0.29) is 18.0 Å². The molecule has 134 valence electrons. The van der Waals surface area contributed by atoms with Gasteiger partial charge in [0.1, 0.15) is 11.5 Å². The number of methoxy groups -OCH3 is 2. The number of aromatic nitrogens is 3. The first-order valence-corrected chi connectivity index (χ1v) is 8.44. The fraction of sp³-hybridized carbons (Fsp3) is 0.263. The van der Waals surface area contributed by atoms with Gasteiger partial charge >= 0.3 is 0 Å². The number of nitrogens with two attached hydrogens (primary N) is 1. The van der Waals surface area contributed by atoms with Crippen LogP contribution in [0.1, 0.15) is 29.6 Å². The molecule has 0 bridgehead atoms. The van der Waals surface area contributed by atoms with Crippen molar-refractivity contribution in [2.24, 2.45) is 0 Å². The Kier molecular flexibility index (Phi) is 4.12. The van der Waals surface area contributed by atoms with Crippen molar-refractivity contribution in [3.63, 3.8) is 0 Å². The fourth-order valence-corrected chi connectivity index (χ4v) is 3.37. The summed E-state index contributed by atoms with van der Waals surface area (Å²) in [7, 11) is 3.33. The van der Waals surface area contributed by atoms with E-state index >= 15 is 0 Å². The summed E-state index contributed by atoms with van der Waals surface area (Å²) < 4.78 is 12.5. The number of hydrogen-bond donors (Lipinski definition) is 2. The SMILES string of the molecule is COc1ccc([C@@H]2C[C@@H](c3cccc(OC)c3)Nc3nc(N)nn32)cc1. The molecule has 3 aromatic rings. The molecular formula is C19H21N5O2. The molecule has 0 amide bonds. The Bertz CT molecular complexity index is 907. The fourth-order valence-electron chi connectivity index (χ4n) is 3.37. The highest BCUT2D eigenvalue weighted by atomic mass is 16.5. The lowest BCUT2D eigenvalue weighted by Gasteiger charge is -2.31. The van der Waals surface area contributed by atoms with E-state index in [0.29, 0.717) is 5.95 Å². The maximum absolute atomic E-state index is 5.85. The first-order chi connectivity index (χ1) is 12.7. The molecule has 0 radical (unpaired) electrons. The Balaban J connectivity index is 1.72. The molecule has 2 heterocycles. The summed E-state index contributed by atoms with van der Waals surface area (Å²) in [5, 5.41) is 7.82. The van der Waals surface area contributed by atoms with Gasteiger partial charge in [0.15, 0.2) is 0 Å². The normalized spacial score (nSPS) is 18.7. The molecule has 0 saturated carbocycles. The minimum atomic E-state index is 0.0261. The van der Waals surface area contributed by atoms with Gasteiger partial charge in [0.25, 0.3) is 0 Å². The zero-order valence-corrected chi connectivity index (χ0v) is 14.7. The first-order valence-electron chi connectivity index (χ1n) is 8.44. The van der Waals surface area contributed by atoms with Crippen molar-refractivity contribution < 1.29 is 9.47 Å². The van der Waals surface area contributed by atoms with E-state index < -0.39 is 0 Å². The lowest BCUT2D eigenvalue weighted by atomic mass is 9.93. The molecule has 3 N–H and O–H groups in total. The first kappa shape index (κ1) is 16.3. The summed E-state index contributed by atoms with van der Waals surface area (Å²) in [5.41, 5.74) is 8.12. The number of benzene rings is 2. The Morgan fingerprint density at radius 1 is 1.04 bits per heavy atom. The van der Waals surface area contributed by atoms with Gasteiger partial charge in [0.2, 0.25) is 11.9 Å². The third-order valence-electron chi connectivity index (χ3n) is 4.70. The number of nitrogen functional groups attached to an aromatic ring is 1. The number of hydrogen-bond acceptors (Lipinski definition) is 6. The van der Waals surface area contributed by atoms with Crippen LogP contribution in [0.2, 0.25) is 0 Å². The van der Waals surface area contributed by atoms with Gasteiger partial charge in [-0.05, 0) is 41.8 Å². The van der Waals surface area contributed by atoms with Crippen LogP contribution < -0.4 is 20.5 Å². The summed E-state index contributed by atoms with van der Waals surface area (Å²) in [6, 6.07) is 16.2. The molecule has 0 saturated heterocycles. The number of fused-ring (bicyclic) bond motifs is 1. The van der Waals surface area contributed by atoms with Crippen molar-refractivity contribution >= 4 is 11.9 Å². The van der Waals surface area contributed by atoms with E-state index in [9.17, 15) is 0 Å². The molecule has 1 aliphatic heterocycles. The van der Waals surface area contributed by atoms with Gasteiger partial charge in [0.05, 0.1) is 26.3 Å². The Morgan fingerprint density at radius 2 is 1.81 bits per heavy atom. The molecule has 2 aromatic carbocycles. The molecule has 2 atom stereocenters. The molecule has 1 aliphatic rings. The van der Waals surface area contributed by atoms with E-state index in [1.807, 2.05) is 35.0 Å². The number of anilines is 2. The second kappa shape index (κ2) is 6.59. The van der Waals surface area contributed by atoms with Crippen LogP contribution in [0.4, 0.5) is 11.9 Å². The maximum Gasteiger partial charge on any atom is 0.241 e. The molecule has 26 heavy (non-hydrogen) atoms. The monoisotopic (exact) mass is 351 g/mol. The van der Waals surface area contributed by atoms with Crippen LogP contribution in [0, 0.1) is 0 Å². The molecular weight excluding hydrogens is 330 g/mol. The van der Waals surface area contributed by atoms with Crippen molar-refractivity contribution in [2.45, 2.75) is 18.5 Å².